The van der Waals surface area contributed by atoms with Crippen molar-refractivity contribution in [2.24, 2.45) is 5.73 Å². The molecule has 0 aliphatic heterocycles. The Morgan fingerprint density at radius 3 is 2.80 bits per heavy atom. The van der Waals surface area contributed by atoms with E-state index in [1.54, 1.807) is 0 Å². The van der Waals surface area contributed by atoms with Gasteiger partial charge in [-0.3, -0.25) is 0 Å². The van der Waals surface area contributed by atoms with Gasteiger partial charge in [0.2, 0.25) is 0 Å². The third-order valence-corrected chi connectivity index (χ3v) is 2.68. The molecule has 0 spiro atoms. The first-order valence-corrected chi connectivity index (χ1v) is 5.39. The van der Waals surface area contributed by atoms with Crippen molar-refractivity contribution in [3.8, 4) is 0 Å². The molecule has 0 radical (unpaired) electrons. The summed E-state index contributed by atoms with van der Waals surface area (Å²) in [6, 6.07) is 8.64. The number of aryl methyl sites for hydroxylation is 1. The number of hydrogen-bond acceptors (Lipinski definition) is 1. The zero-order valence-electron chi connectivity index (χ0n) is 9.38. The van der Waals surface area contributed by atoms with Crippen LogP contribution in [-0.2, 0) is 6.42 Å². The van der Waals surface area contributed by atoms with Gasteiger partial charge in [-0.1, -0.05) is 6.07 Å². The Labute approximate surface area is 90.5 Å². The van der Waals surface area contributed by atoms with Gasteiger partial charge in [0.05, 0.1) is 0 Å². The van der Waals surface area contributed by atoms with Crippen LogP contribution in [0.5, 0.6) is 0 Å². The number of aromatic nitrogens is 1. The SMILES string of the molecule is CC(C)(N)CCc1ccc2[nH]ccc2c1. The van der Waals surface area contributed by atoms with E-state index in [0.29, 0.717) is 0 Å². The minimum Gasteiger partial charge on any atom is -0.361 e. The second-order valence-electron chi connectivity index (χ2n) is 4.89. The number of H-pyrrole nitrogens is 1. The number of nitrogens with one attached hydrogen (secondary N) is 1. The normalized spacial score (nSPS) is 12.2. The third-order valence-electron chi connectivity index (χ3n) is 2.68. The molecule has 80 valence electrons. The van der Waals surface area contributed by atoms with Crippen molar-refractivity contribution >= 4 is 10.9 Å². The summed E-state index contributed by atoms with van der Waals surface area (Å²) in [5, 5.41) is 1.28. The van der Waals surface area contributed by atoms with E-state index in [-0.39, 0.29) is 5.54 Å². The second-order valence-corrected chi connectivity index (χ2v) is 4.89. The van der Waals surface area contributed by atoms with Gasteiger partial charge in [0.15, 0.2) is 0 Å². The molecule has 0 saturated carbocycles. The number of nitrogens with two attached hydrogens (primary N) is 1. The lowest BCUT2D eigenvalue weighted by molar-refractivity contribution is 0.477. The average molecular weight is 202 g/mol. The Balaban J connectivity index is 2.15. The van der Waals surface area contributed by atoms with Gasteiger partial charge in [0.25, 0.3) is 0 Å². The minimum absolute atomic E-state index is 0.0763. The maximum Gasteiger partial charge on any atom is 0.0454 e. The Morgan fingerprint density at radius 1 is 1.27 bits per heavy atom. The molecule has 0 bridgehead atoms. The van der Waals surface area contributed by atoms with Gasteiger partial charge in [-0.2, -0.15) is 0 Å². The van der Waals surface area contributed by atoms with Crippen LogP contribution in [0.4, 0.5) is 0 Å². The van der Waals surface area contributed by atoms with E-state index < -0.39 is 0 Å². The maximum atomic E-state index is 5.97. The zero-order chi connectivity index (χ0) is 10.9. The Kier molecular flexibility index (Phi) is 2.53. The quantitative estimate of drug-likeness (QED) is 0.789. The van der Waals surface area contributed by atoms with Gasteiger partial charge in [0, 0.05) is 17.3 Å². The molecule has 1 heterocycles. The minimum atomic E-state index is -0.0763. The number of fused-ring (bicyclic) bond motifs is 1. The average Bonchev–Trinajstić information content (AvgIpc) is 2.60. The molecule has 1 aromatic heterocycles. The molecule has 0 aliphatic rings. The van der Waals surface area contributed by atoms with E-state index in [2.05, 4.69) is 43.1 Å². The number of benzene rings is 1. The van der Waals surface area contributed by atoms with Crippen LogP contribution >= 0.6 is 0 Å². The molecule has 0 saturated heterocycles. The molecule has 1 aromatic carbocycles. The molecule has 2 nitrogen and oxygen atoms in total. The van der Waals surface area contributed by atoms with E-state index in [9.17, 15) is 0 Å². The van der Waals surface area contributed by atoms with Crippen LogP contribution in [0, 0.1) is 0 Å². The van der Waals surface area contributed by atoms with Crippen LogP contribution in [-0.4, -0.2) is 10.5 Å². The fourth-order valence-corrected chi connectivity index (χ4v) is 1.72. The van der Waals surface area contributed by atoms with Crippen LogP contribution in [0.15, 0.2) is 30.5 Å². The van der Waals surface area contributed by atoms with Crippen LogP contribution in [0.1, 0.15) is 25.8 Å². The highest BCUT2D eigenvalue weighted by Gasteiger charge is 2.10. The largest absolute Gasteiger partial charge is 0.361 e. The fourth-order valence-electron chi connectivity index (χ4n) is 1.72. The smallest absolute Gasteiger partial charge is 0.0454 e. The van der Waals surface area contributed by atoms with Crippen LogP contribution in [0.25, 0.3) is 10.9 Å². The molecule has 0 unspecified atom stereocenters. The highest BCUT2D eigenvalue weighted by Crippen LogP contribution is 2.17. The van der Waals surface area contributed by atoms with E-state index in [0.717, 1.165) is 12.8 Å². The summed E-state index contributed by atoms with van der Waals surface area (Å²) in [4.78, 5) is 3.19. The predicted octanol–water partition coefficient (Wildman–Crippen LogP) is 2.84. The predicted molar refractivity (Wildman–Crippen MR) is 64.9 cm³/mol. The summed E-state index contributed by atoms with van der Waals surface area (Å²) in [7, 11) is 0. The second kappa shape index (κ2) is 3.70. The standard InChI is InChI=1S/C13H18N2/c1-13(2,14)7-5-10-3-4-12-11(9-10)6-8-15-12/h3-4,6,8-9,15H,5,7,14H2,1-2H3. The topological polar surface area (TPSA) is 41.8 Å². The Hall–Kier alpha value is -1.28. The summed E-state index contributed by atoms with van der Waals surface area (Å²) in [6.07, 6.45) is 4.04. The number of aromatic amines is 1. The van der Waals surface area contributed by atoms with Crippen LogP contribution < -0.4 is 5.73 Å². The summed E-state index contributed by atoms with van der Waals surface area (Å²) in [5.41, 5.74) is 8.45. The molecule has 15 heavy (non-hydrogen) atoms. The van der Waals surface area contributed by atoms with Crippen LogP contribution in [0.2, 0.25) is 0 Å². The molecule has 0 atom stereocenters. The third kappa shape index (κ3) is 2.60. The molecule has 2 aromatic rings. The zero-order valence-corrected chi connectivity index (χ0v) is 9.38. The lowest BCUT2D eigenvalue weighted by Crippen LogP contribution is -2.32. The van der Waals surface area contributed by atoms with Gasteiger partial charge < -0.3 is 10.7 Å². The molecule has 2 heteroatoms. The first-order chi connectivity index (χ1) is 7.04. The molecular formula is C13H18N2. The highest BCUT2D eigenvalue weighted by atomic mass is 14.7. The first kappa shape index (κ1) is 10.2. The molecule has 3 N–H and O–H groups in total. The summed E-state index contributed by atoms with van der Waals surface area (Å²) in [6.45, 7) is 4.14. The highest BCUT2D eigenvalue weighted by molar-refractivity contribution is 5.79. The van der Waals surface area contributed by atoms with E-state index in [4.69, 9.17) is 5.73 Å². The van der Waals surface area contributed by atoms with Crippen molar-refractivity contribution in [3.63, 3.8) is 0 Å². The van der Waals surface area contributed by atoms with E-state index in [1.165, 1.54) is 16.5 Å². The molecular weight excluding hydrogens is 184 g/mol. The molecule has 0 aliphatic carbocycles. The van der Waals surface area contributed by atoms with Crippen molar-refractivity contribution < 1.29 is 0 Å². The molecule has 0 amide bonds. The lowest BCUT2D eigenvalue weighted by atomic mass is 9.96. The van der Waals surface area contributed by atoms with Crippen molar-refractivity contribution in [2.75, 3.05) is 0 Å². The maximum absolute atomic E-state index is 5.97. The summed E-state index contributed by atoms with van der Waals surface area (Å²) < 4.78 is 0. The van der Waals surface area contributed by atoms with Gasteiger partial charge >= 0.3 is 0 Å². The van der Waals surface area contributed by atoms with Gasteiger partial charge in [-0.25, -0.2) is 0 Å². The van der Waals surface area contributed by atoms with E-state index in [1.807, 2.05) is 6.20 Å². The summed E-state index contributed by atoms with van der Waals surface area (Å²) >= 11 is 0. The van der Waals surface area contributed by atoms with Gasteiger partial charge in [0.1, 0.15) is 0 Å². The van der Waals surface area contributed by atoms with Gasteiger partial charge in [-0.05, 0) is 55.8 Å². The number of rotatable bonds is 3. The Morgan fingerprint density at radius 2 is 2.07 bits per heavy atom. The monoisotopic (exact) mass is 202 g/mol. The molecule has 2 rings (SSSR count). The van der Waals surface area contributed by atoms with Crippen molar-refractivity contribution in [3.05, 3.63) is 36.0 Å². The first-order valence-electron chi connectivity index (χ1n) is 5.39. The summed E-state index contributed by atoms with van der Waals surface area (Å²) in [5.74, 6) is 0. The number of hydrogen-bond donors (Lipinski definition) is 2. The fraction of sp³-hybridized carbons (Fsp3) is 0.385. The molecule has 0 fully saturated rings. The Bertz CT molecular complexity index is 449. The van der Waals surface area contributed by atoms with Crippen molar-refractivity contribution in [2.45, 2.75) is 32.2 Å². The lowest BCUT2D eigenvalue weighted by Gasteiger charge is -2.17. The van der Waals surface area contributed by atoms with Crippen molar-refractivity contribution in [1.82, 2.24) is 4.98 Å². The van der Waals surface area contributed by atoms with Crippen molar-refractivity contribution in [1.29, 1.82) is 0 Å². The van der Waals surface area contributed by atoms with E-state index >= 15 is 0 Å². The van der Waals surface area contributed by atoms with Crippen LogP contribution in [0.3, 0.4) is 0 Å². The van der Waals surface area contributed by atoms with Gasteiger partial charge in [-0.15, -0.1) is 0 Å².